The van der Waals surface area contributed by atoms with Crippen molar-refractivity contribution >= 4 is 38.7 Å². The van der Waals surface area contributed by atoms with Crippen molar-refractivity contribution in [1.82, 2.24) is 19.9 Å². The molecule has 0 bridgehead atoms. The van der Waals surface area contributed by atoms with E-state index in [0.717, 1.165) is 6.26 Å². The van der Waals surface area contributed by atoms with Crippen molar-refractivity contribution in [2.45, 2.75) is 6.54 Å². The SMILES string of the molecule is CS(=O)(=O)Oc1nc(NCc2cc(Cl)ccc2O)c2[nH]cnc2n1. The maximum atomic E-state index is 11.2. The van der Waals surface area contributed by atoms with E-state index in [1.165, 1.54) is 12.4 Å². The van der Waals surface area contributed by atoms with Gasteiger partial charge in [0.2, 0.25) is 0 Å². The molecule has 0 aliphatic heterocycles. The van der Waals surface area contributed by atoms with Gasteiger partial charge in [-0.15, -0.1) is 0 Å². The fraction of sp³-hybridized carbons (Fsp3) is 0.154. The van der Waals surface area contributed by atoms with Crippen LogP contribution in [0.15, 0.2) is 24.5 Å². The first-order valence-corrected chi connectivity index (χ1v) is 8.83. The van der Waals surface area contributed by atoms with E-state index in [4.69, 9.17) is 15.8 Å². The molecule has 3 rings (SSSR count). The molecule has 0 spiro atoms. The molecule has 2 aromatic heterocycles. The number of phenolic OH excluding ortho intramolecular Hbond substituents is 1. The lowest BCUT2D eigenvalue weighted by atomic mass is 10.2. The minimum atomic E-state index is -3.77. The van der Waals surface area contributed by atoms with E-state index in [-0.39, 0.29) is 29.8 Å². The second-order valence-corrected chi connectivity index (χ2v) is 6.88. The van der Waals surface area contributed by atoms with Crippen LogP contribution >= 0.6 is 11.6 Å². The molecule has 0 radical (unpaired) electrons. The minimum absolute atomic E-state index is 0.0643. The topological polar surface area (TPSA) is 130 Å². The highest BCUT2D eigenvalue weighted by Gasteiger charge is 2.14. The van der Waals surface area contributed by atoms with Crippen LogP contribution in [0.25, 0.3) is 11.2 Å². The molecule has 0 atom stereocenters. The zero-order chi connectivity index (χ0) is 17.3. The summed E-state index contributed by atoms with van der Waals surface area (Å²) in [5.74, 6) is 0.338. The van der Waals surface area contributed by atoms with Crippen LogP contribution in [0.4, 0.5) is 5.82 Å². The summed E-state index contributed by atoms with van der Waals surface area (Å²) in [4.78, 5) is 14.7. The largest absolute Gasteiger partial charge is 0.508 e. The van der Waals surface area contributed by atoms with Crippen LogP contribution in [0.2, 0.25) is 5.02 Å². The van der Waals surface area contributed by atoms with Crippen LogP contribution in [0, 0.1) is 0 Å². The van der Waals surface area contributed by atoms with Gasteiger partial charge in [-0.3, -0.25) is 0 Å². The van der Waals surface area contributed by atoms with Gasteiger partial charge >= 0.3 is 16.1 Å². The number of benzene rings is 1. The molecule has 9 nitrogen and oxygen atoms in total. The Morgan fingerprint density at radius 3 is 2.92 bits per heavy atom. The molecular formula is C13H12ClN5O4S. The van der Waals surface area contributed by atoms with Gasteiger partial charge in [-0.25, -0.2) is 4.98 Å². The highest BCUT2D eigenvalue weighted by atomic mass is 35.5. The number of phenols is 1. The molecule has 0 fully saturated rings. The van der Waals surface area contributed by atoms with Gasteiger partial charge < -0.3 is 19.6 Å². The summed E-state index contributed by atoms with van der Waals surface area (Å²) >= 11 is 5.91. The fourth-order valence-corrected chi connectivity index (χ4v) is 2.53. The number of rotatable bonds is 5. The molecule has 0 amide bonds. The first-order chi connectivity index (χ1) is 11.3. The summed E-state index contributed by atoms with van der Waals surface area (Å²) < 4.78 is 27.2. The highest BCUT2D eigenvalue weighted by molar-refractivity contribution is 7.86. The van der Waals surface area contributed by atoms with E-state index in [1.807, 2.05) is 0 Å². The predicted octanol–water partition coefficient (Wildman–Crippen LogP) is 1.66. The minimum Gasteiger partial charge on any atom is -0.508 e. The van der Waals surface area contributed by atoms with Crippen LogP contribution in [-0.2, 0) is 16.7 Å². The lowest BCUT2D eigenvalue weighted by Gasteiger charge is -2.09. The molecule has 24 heavy (non-hydrogen) atoms. The average molecular weight is 370 g/mol. The standard InChI is InChI=1S/C13H12ClN5O4S/c1-24(21,22)23-13-18-11(10-12(19-13)17-6-16-10)15-5-7-4-8(14)2-3-9(7)20/h2-4,6,20H,5H2,1H3,(H2,15,16,17,18,19). The number of H-pyrrole nitrogens is 1. The first-order valence-electron chi connectivity index (χ1n) is 6.64. The zero-order valence-electron chi connectivity index (χ0n) is 12.3. The lowest BCUT2D eigenvalue weighted by molar-refractivity contribution is 0.469. The average Bonchev–Trinajstić information content (AvgIpc) is 2.94. The van der Waals surface area contributed by atoms with Gasteiger partial charge in [-0.05, 0) is 18.2 Å². The first kappa shape index (κ1) is 16.3. The Balaban J connectivity index is 1.93. The van der Waals surface area contributed by atoms with Crippen molar-refractivity contribution in [3.8, 4) is 11.8 Å². The van der Waals surface area contributed by atoms with Gasteiger partial charge in [0.1, 0.15) is 11.3 Å². The normalized spacial score (nSPS) is 11.6. The van der Waals surface area contributed by atoms with Gasteiger partial charge in [-0.1, -0.05) is 11.6 Å². The van der Waals surface area contributed by atoms with E-state index in [9.17, 15) is 13.5 Å². The van der Waals surface area contributed by atoms with E-state index in [2.05, 4.69) is 25.3 Å². The monoisotopic (exact) mass is 369 g/mol. The zero-order valence-corrected chi connectivity index (χ0v) is 13.9. The smallest absolute Gasteiger partial charge is 0.337 e. The second-order valence-electron chi connectivity index (χ2n) is 4.87. The quantitative estimate of drug-likeness (QED) is 0.579. The van der Waals surface area contributed by atoms with E-state index >= 15 is 0 Å². The number of aromatic amines is 1. The number of hydrogen-bond acceptors (Lipinski definition) is 8. The molecule has 0 saturated heterocycles. The number of imidazole rings is 1. The third-order valence-corrected chi connectivity index (χ3v) is 3.67. The van der Waals surface area contributed by atoms with Crippen LogP contribution < -0.4 is 9.50 Å². The summed E-state index contributed by atoms with van der Waals surface area (Å²) in [6.07, 6.45) is 2.29. The number of hydrogen-bond donors (Lipinski definition) is 3. The van der Waals surface area contributed by atoms with Gasteiger partial charge in [-0.2, -0.15) is 18.4 Å². The van der Waals surface area contributed by atoms with Crippen molar-refractivity contribution in [3.63, 3.8) is 0 Å². The molecule has 3 aromatic rings. The van der Waals surface area contributed by atoms with Gasteiger partial charge in [0, 0.05) is 17.1 Å². The van der Waals surface area contributed by atoms with E-state index in [1.54, 1.807) is 12.1 Å². The van der Waals surface area contributed by atoms with E-state index < -0.39 is 10.1 Å². The van der Waals surface area contributed by atoms with Crippen molar-refractivity contribution in [1.29, 1.82) is 0 Å². The third kappa shape index (κ3) is 3.66. The number of fused-ring (bicyclic) bond motifs is 1. The molecule has 126 valence electrons. The highest BCUT2D eigenvalue weighted by Crippen LogP contribution is 2.25. The number of aromatic nitrogens is 4. The molecule has 0 saturated carbocycles. The number of anilines is 1. The fourth-order valence-electron chi connectivity index (χ4n) is 1.99. The predicted molar refractivity (Wildman–Crippen MR) is 87.6 cm³/mol. The number of aromatic hydroxyl groups is 1. The lowest BCUT2D eigenvalue weighted by Crippen LogP contribution is -2.10. The molecule has 1 aromatic carbocycles. The molecular weight excluding hydrogens is 358 g/mol. The summed E-state index contributed by atoms with van der Waals surface area (Å²) in [6, 6.07) is 4.29. The summed E-state index contributed by atoms with van der Waals surface area (Å²) in [5, 5.41) is 13.3. The summed E-state index contributed by atoms with van der Waals surface area (Å²) in [5.41, 5.74) is 1.25. The maximum Gasteiger partial charge on any atom is 0.337 e. The van der Waals surface area contributed by atoms with Crippen LogP contribution in [0.3, 0.4) is 0 Å². The second kappa shape index (κ2) is 6.13. The Morgan fingerprint density at radius 2 is 2.17 bits per heavy atom. The third-order valence-electron chi connectivity index (χ3n) is 2.98. The number of nitrogens with one attached hydrogen (secondary N) is 2. The molecule has 0 aliphatic carbocycles. The number of nitrogens with zero attached hydrogens (tertiary/aromatic N) is 3. The summed E-state index contributed by atoms with van der Waals surface area (Å²) in [6.45, 7) is 0.190. The maximum absolute atomic E-state index is 11.2. The van der Waals surface area contributed by atoms with Gasteiger partial charge in [0.15, 0.2) is 11.5 Å². The molecule has 2 heterocycles. The van der Waals surface area contributed by atoms with Crippen LogP contribution in [0.1, 0.15) is 5.56 Å². The molecule has 11 heteroatoms. The van der Waals surface area contributed by atoms with Crippen molar-refractivity contribution in [2.75, 3.05) is 11.6 Å². The number of halogens is 1. The van der Waals surface area contributed by atoms with Crippen LogP contribution in [-0.4, -0.2) is 39.7 Å². The Kier molecular flexibility index (Phi) is 4.16. The van der Waals surface area contributed by atoms with Crippen molar-refractivity contribution in [2.24, 2.45) is 0 Å². The van der Waals surface area contributed by atoms with E-state index in [0.29, 0.717) is 16.1 Å². The van der Waals surface area contributed by atoms with Gasteiger partial charge in [0.05, 0.1) is 12.6 Å². The Hall–Kier alpha value is -2.59. The Labute approximate surface area is 141 Å². The molecule has 3 N–H and O–H groups in total. The van der Waals surface area contributed by atoms with Crippen LogP contribution in [0.5, 0.6) is 11.8 Å². The molecule has 0 unspecified atom stereocenters. The Bertz CT molecular complexity index is 1000. The van der Waals surface area contributed by atoms with Crippen molar-refractivity contribution < 1.29 is 17.7 Å². The van der Waals surface area contributed by atoms with Crippen molar-refractivity contribution in [3.05, 3.63) is 35.1 Å². The Morgan fingerprint density at radius 1 is 1.38 bits per heavy atom. The summed E-state index contributed by atoms with van der Waals surface area (Å²) in [7, 11) is -3.77. The molecule has 0 aliphatic rings. The van der Waals surface area contributed by atoms with Gasteiger partial charge in [0.25, 0.3) is 0 Å².